The highest BCUT2D eigenvalue weighted by atomic mass is 31.2. The van der Waals surface area contributed by atoms with Gasteiger partial charge in [-0.25, -0.2) is 4.57 Å². The Labute approximate surface area is 335 Å². The molecule has 0 aromatic heterocycles. The molecule has 0 saturated heterocycles. The number of nitrogens with one attached hydrogen (secondary N) is 1. The van der Waals surface area contributed by atoms with Gasteiger partial charge in [0.25, 0.3) is 0 Å². The zero-order valence-electron chi connectivity index (χ0n) is 35.6. The molecule has 0 aliphatic rings. The number of phosphoric ester groups is 1. The summed E-state index contributed by atoms with van der Waals surface area (Å²) in [5.41, 5.74) is 0. The fourth-order valence-electron chi connectivity index (χ4n) is 7.10. The first-order valence-corrected chi connectivity index (χ1v) is 24.8. The number of rotatable bonds is 43. The topological polar surface area (TPSA) is 116 Å². The van der Waals surface area contributed by atoms with E-state index in [2.05, 4.69) is 35.8 Å². The maximum absolute atomic E-state index is 12.6. The standard InChI is InChI=1S/C46H90NO6P/c1-3-5-7-9-11-13-15-17-19-20-21-22-23-24-25-26-28-30-32-34-36-38-40-42-46(49)47-44(43-53-54(50,51)52)45(48)41-39-37-35-33-31-29-27-18-16-14-12-10-8-6-4-2/h17,19,39,41,44-45,48H,3-16,18,20-38,40,42-43H2,1-2H3,(H,47,49)(H2,50,51,52)/b19-17-,41-39+/t44-,45+/m0/s1. The van der Waals surface area contributed by atoms with Crippen molar-refractivity contribution in [1.29, 1.82) is 0 Å². The van der Waals surface area contributed by atoms with Crippen molar-refractivity contribution in [3.63, 3.8) is 0 Å². The lowest BCUT2D eigenvalue weighted by Crippen LogP contribution is -2.45. The van der Waals surface area contributed by atoms with Crippen LogP contribution in [0.1, 0.15) is 245 Å². The molecular weight excluding hydrogens is 693 g/mol. The van der Waals surface area contributed by atoms with Gasteiger partial charge in [0, 0.05) is 6.42 Å². The van der Waals surface area contributed by atoms with Crippen LogP contribution in [0.25, 0.3) is 0 Å². The Morgan fingerprint density at radius 1 is 0.519 bits per heavy atom. The summed E-state index contributed by atoms with van der Waals surface area (Å²) in [7, 11) is -4.71. The van der Waals surface area contributed by atoms with E-state index in [0.717, 1.165) is 38.5 Å². The van der Waals surface area contributed by atoms with E-state index in [1.165, 1.54) is 186 Å². The van der Waals surface area contributed by atoms with Gasteiger partial charge in [-0.2, -0.15) is 0 Å². The molecule has 0 unspecified atom stereocenters. The molecule has 0 spiro atoms. The fourth-order valence-corrected chi connectivity index (χ4v) is 7.46. The number of hydrogen-bond donors (Lipinski definition) is 4. The zero-order chi connectivity index (χ0) is 39.6. The van der Waals surface area contributed by atoms with Gasteiger partial charge in [0.1, 0.15) is 0 Å². The summed E-state index contributed by atoms with van der Waals surface area (Å²) in [5, 5.41) is 13.4. The predicted molar refractivity (Wildman–Crippen MR) is 232 cm³/mol. The highest BCUT2D eigenvalue weighted by Gasteiger charge is 2.24. The van der Waals surface area contributed by atoms with Gasteiger partial charge in [0.05, 0.1) is 18.8 Å². The first-order valence-electron chi connectivity index (χ1n) is 23.3. The van der Waals surface area contributed by atoms with Crippen molar-refractivity contribution in [3.05, 3.63) is 24.3 Å². The normalized spacial score (nSPS) is 13.4. The van der Waals surface area contributed by atoms with Gasteiger partial charge in [-0.1, -0.05) is 218 Å². The number of allylic oxidation sites excluding steroid dienone is 3. The van der Waals surface area contributed by atoms with Crippen molar-refractivity contribution in [2.75, 3.05) is 6.61 Å². The molecule has 0 saturated carbocycles. The van der Waals surface area contributed by atoms with Crippen molar-refractivity contribution >= 4 is 13.7 Å². The molecule has 54 heavy (non-hydrogen) atoms. The maximum Gasteiger partial charge on any atom is 0.469 e. The van der Waals surface area contributed by atoms with Crippen molar-refractivity contribution in [1.82, 2.24) is 5.32 Å². The Hall–Kier alpha value is -0.980. The molecule has 2 atom stereocenters. The largest absolute Gasteiger partial charge is 0.469 e. The number of hydrogen-bond acceptors (Lipinski definition) is 4. The number of aliphatic hydroxyl groups excluding tert-OH is 1. The molecule has 320 valence electrons. The first-order chi connectivity index (χ1) is 26.3. The van der Waals surface area contributed by atoms with Crippen LogP contribution in [0.2, 0.25) is 0 Å². The molecule has 8 heteroatoms. The Bertz CT molecular complexity index is 890. The smallest absolute Gasteiger partial charge is 0.387 e. The van der Waals surface area contributed by atoms with Crippen LogP contribution in [-0.2, 0) is 13.9 Å². The molecule has 0 bridgehead atoms. The van der Waals surface area contributed by atoms with Crippen molar-refractivity contribution in [2.24, 2.45) is 0 Å². The van der Waals surface area contributed by atoms with Crippen LogP contribution in [0, 0.1) is 0 Å². The molecular formula is C46H90NO6P. The number of carbonyl (C=O) groups is 1. The Kier molecular flexibility index (Phi) is 40.9. The Balaban J connectivity index is 3.86. The summed E-state index contributed by atoms with van der Waals surface area (Å²) in [6.07, 6.45) is 52.1. The quantitative estimate of drug-likeness (QED) is 0.0278. The fraction of sp³-hybridized carbons (Fsp3) is 0.891. The summed E-state index contributed by atoms with van der Waals surface area (Å²) in [6.45, 7) is 4.09. The third-order valence-corrected chi connectivity index (χ3v) is 11.1. The highest BCUT2D eigenvalue weighted by Crippen LogP contribution is 2.35. The number of amides is 1. The highest BCUT2D eigenvalue weighted by molar-refractivity contribution is 7.46. The lowest BCUT2D eigenvalue weighted by molar-refractivity contribution is -0.123. The van der Waals surface area contributed by atoms with Gasteiger partial charge in [0.2, 0.25) is 5.91 Å². The minimum atomic E-state index is -4.71. The second kappa shape index (κ2) is 41.6. The van der Waals surface area contributed by atoms with E-state index in [1.54, 1.807) is 6.08 Å². The van der Waals surface area contributed by atoms with Gasteiger partial charge >= 0.3 is 7.82 Å². The molecule has 4 N–H and O–H groups in total. The molecule has 7 nitrogen and oxygen atoms in total. The van der Waals surface area contributed by atoms with Crippen molar-refractivity contribution in [3.8, 4) is 0 Å². The van der Waals surface area contributed by atoms with Crippen LogP contribution in [-0.4, -0.2) is 39.6 Å². The minimum absolute atomic E-state index is 0.224. The van der Waals surface area contributed by atoms with Crippen LogP contribution in [0.5, 0.6) is 0 Å². The van der Waals surface area contributed by atoms with Crippen LogP contribution in [0.3, 0.4) is 0 Å². The molecule has 0 aliphatic carbocycles. The van der Waals surface area contributed by atoms with E-state index < -0.39 is 26.6 Å². The SMILES string of the molecule is CCCCCCCC/C=C\CCCCCCCCCCCCCCCC(=O)N[C@@H](COP(=O)(O)O)[C@H](O)/C=C/CCCCCCCCCCCCCCC. The molecule has 0 radical (unpaired) electrons. The van der Waals surface area contributed by atoms with Gasteiger partial charge < -0.3 is 20.2 Å². The number of aliphatic hydroxyl groups is 1. The summed E-state index contributed by atoms with van der Waals surface area (Å²) < 4.78 is 15.9. The summed E-state index contributed by atoms with van der Waals surface area (Å²) in [4.78, 5) is 31.0. The average Bonchev–Trinajstić information content (AvgIpc) is 3.14. The molecule has 1 amide bonds. The lowest BCUT2D eigenvalue weighted by Gasteiger charge is -2.22. The summed E-state index contributed by atoms with van der Waals surface area (Å²) in [6, 6.07) is -0.908. The molecule has 0 fully saturated rings. The van der Waals surface area contributed by atoms with E-state index in [-0.39, 0.29) is 5.91 Å². The summed E-state index contributed by atoms with van der Waals surface area (Å²) in [5.74, 6) is -0.224. The van der Waals surface area contributed by atoms with Crippen LogP contribution < -0.4 is 5.32 Å². The van der Waals surface area contributed by atoms with Crippen LogP contribution >= 0.6 is 7.82 Å². The number of phosphoric acid groups is 1. The zero-order valence-corrected chi connectivity index (χ0v) is 36.5. The first kappa shape index (κ1) is 53.0. The second-order valence-corrected chi connectivity index (χ2v) is 17.3. The van der Waals surface area contributed by atoms with Gasteiger partial charge in [-0.15, -0.1) is 0 Å². The number of carbonyl (C=O) groups excluding carboxylic acids is 1. The van der Waals surface area contributed by atoms with E-state index >= 15 is 0 Å². The molecule has 0 aliphatic heterocycles. The third kappa shape index (κ3) is 42.2. The molecule has 0 rings (SSSR count). The van der Waals surface area contributed by atoms with E-state index in [9.17, 15) is 24.3 Å². The van der Waals surface area contributed by atoms with Crippen LogP contribution in [0.15, 0.2) is 24.3 Å². The molecule has 0 heterocycles. The van der Waals surface area contributed by atoms with Crippen molar-refractivity contribution in [2.45, 2.75) is 257 Å². The number of unbranched alkanes of at least 4 members (excludes halogenated alkanes) is 32. The van der Waals surface area contributed by atoms with Gasteiger partial charge in [0.15, 0.2) is 0 Å². The van der Waals surface area contributed by atoms with Gasteiger partial charge in [-0.05, 0) is 44.9 Å². The second-order valence-electron chi connectivity index (χ2n) is 16.1. The predicted octanol–water partition coefficient (Wildman–Crippen LogP) is 14.1. The van der Waals surface area contributed by atoms with Gasteiger partial charge in [-0.3, -0.25) is 9.32 Å². The molecule has 0 aromatic rings. The van der Waals surface area contributed by atoms with Crippen LogP contribution in [0.4, 0.5) is 0 Å². The van der Waals surface area contributed by atoms with Crippen molar-refractivity contribution < 1.29 is 28.8 Å². The average molecular weight is 784 g/mol. The van der Waals surface area contributed by atoms with E-state index in [4.69, 9.17) is 0 Å². The molecule has 0 aromatic carbocycles. The summed E-state index contributed by atoms with van der Waals surface area (Å²) >= 11 is 0. The maximum atomic E-state index is 12.6. The minimum Gasteiger partial charge on any atom is -0.387 e. The van der Waals surface area contributed by atoms with E-state index in [1.807, 2.05) is 6.08 Å². The Morgan fingerprint density at radius 2 is 0.833 bits per heavy atom. The lowest BCUT2D eigenvalue weighted by atomic mass is 10.0. The van der Waals surface area contributed by atoms with E-state index in [0.29, 0.717) is 6.42 Å². The third-order valence-electron chi connectivity index (χ3n) is 10.7. The Morgan fingerprint density at radius 3 is 1.19 bits per heavy atom. The monoisotopic (exact) mass is 784 g/mol.